The van der Waals surface area contributed by atoms with Crippen molar-refractivity contribution in [3.8, 4) is 0 Å². The van der Waals surface area contributed by atoms with Gasteiger partial charge in [0, 0.05) is 10.8 Å². The summed E-state index contributed by atoms with van der Waals surface area (Å²) in [6, 6.07) is 0. The van der Waals surface area contributed by atoms with Gasteiger partial charge < -0.3 is 9.47 Å². The second kappa shape index (κ2) is 6.59. The fourth-order valence-electron chi connectivity index (χ4n) is 3.70. The predicted molar refractivity (Wildman–Crippen MR) is 86.2 cm³/mol. The highest BCUT2D eigenvalue weighted by molar-refractivity contribution is 5.73. The molecule has 0 amide bonds. The van der Waals surface area contributed by atoms with Crippen LogP contribution in [0.4, 0.5) is 0 Å². The molecule has 0 N–H and O–H groups in total. The SMILES string of the molecule is CCC1(CC)C(OC(=O)C(C)C)C(C)(C)C1OC(=O)C(C)C. The summed E-state index contributed by atoms with van der Waals surface area (Å²) in [5.41, 5.74) is -0.639. The van der Waals surface area contributed by atoms with Crippen molar-refractivity contribution >= 4 is 11.9 Å². The van der Waals surface area contributed by atoms with Crippen LogP contribution in [0.2, 0.25) is 0 Å². The third-order valence-corrected chi connectivity index (χ3v) is 5.12. The van der Waals surface area contributed by atoms with Gasteiger partial charge in [-0.1, -0.05) is 55.4 Å². The summed E-state index contributed by atoms with van der Waals surface area (Å²) in [4.78, 5) is 24.1. The Morgan fingerprint density at radius 3 is 1.41 bits per heavy atom. The Balaban J connectivity index is 3.04. The van der Waals surface area contributed by atoms with E-state index in [2.05, 4.69) is 13.8 Å². The van der Waals surface area contributed by atoms with Crippen LogP contribution in [0.5, 0.6) is 0 Å². The van der Waals surface area contributed by atoms with Crippen molar-refractivity contribution in [3.63, 3.8) is 0 Å². The molecular weight excluding hydrogens is 280 g/mol. The van der Waals surface area contributed by atoms with Crippen molar-refractivity contribution in [2.45, 2.75) is 80.4 Å². The van der Waals surface area contributed by atoms with Crippen LogP contribution in [0.15, 0.2) is 0 Å². The standard InChI is InChI=1S/C18H32O4/c1-9-18(10-2)15(21-13(19)11(3)4)17(7,8)16(18)22-14(20)12(5)6/h11-12,15-16H,9-10H2,1-8H3. The second-order valence-corrected chi connectivity index (χ2v) is 7.70. The lowest BCUT2D eigenvalue weighted by atomic mass is 9.47. The predicted octanol–water partition coefficient (Wildman–Crippen LogP) is 3.97. The van der Waals surface area contributed by atoms with Gasteiger partial charge in [0.25, 0.3) is 0 Å². The minimum Gasteiger partial charge on any atom is -0.461 e. The highest BCUT2D eigenvalue weighted by Gasteiger charge is 2.69. The fraction of sp³-hybridized carbons (Fsp3) is 0.889. The first kappa shape index (κ1) is 19.0. The molecule has 22 heavy (non-hydrogen) atoms. The summed E-state index contributed by atoms with van der Waals surface area (Å²) >= 11 is 0. The summed E-state index contributed by atoms with van der Waals surface area (Å²) in [7, 11) is 0. The van der Waals surface area contributed by atoms with Gasteiger partial charge in [0.05, 0.1) is 11.8 Å². The van der Waals surface area contributed by atoms with E-state index in [4.69, 9.17) is 9.47 Å². The average molecular weight is 312 g/mol. The van der Waals surface area contributed by atoms with E-state index >= 15 is 0 Å². The van der Waals surface area contributed by atoms with E-state index in [1.807, 2.05) is 41.5 Å². The molecule has 1 aliphatic rings. The van der Waals surface area contributed by atoms with Gasteiger partial charge in [-0.3, -0.25) is 9.59 Å². The maximum Gasteiger partial charge on any atom is 0.308 e. The van der Waals surface area contributed by atoms with Gasteiger partial charge >= 0.3 is 11.9 Å². The van der Waals surface area contributed by atoms with Gasteiger partial charge in [-0.05, 0) is 12.8 Å². The van der Waals surface area contributed by atoms with Gasteiger partial charge in [0.15, 0.2) is 0 Å². The Labute approximate surface area is 134 Å². The molecule has 0 aromatic carbocycles. The zero-order valence-corrected chi connectivity index (χ0v) is 15.4. The average Bonchev–Trinajstić information content (AvgIpc) is 2.45. The van der Waals surface area contributed by atoms with Crippen LogP contribution in [-0.2, 0) is 19.1 Å². The summed E-state index contributed by atoms with van der Waals surface area (Å²) < 4.78 is 11.6. The quantitative estimate of drug-likeness (QED) is 0.696. The molecule has 0 heterocycles. The molecule has 0 aromatic heterocycles. The van der Waals surface area contributed by atoms with E-state index in [0.717, 1.165) is 12.8 Å². The van der Waals surface area contributed by atoms with Gasteiger partial charge in [0.2, 0.25) is 0 Å². The molecule has 0 aromatic rings. The van der Waals surface area contributed by atoms with Crippen LogP contribution in [-0.4, -0.2) is 24.1 Å². The topological polar surface area (TPSA) is 52.6 Å². The van der Waals surface area contributed by atoms with Crippen LogP contribution in [0.1, 0.15) is 68.2 Å². The molecule has 0 radical (unpaired) electrons. The molecule has 4 nitrogen and oxygen atoms in total. The maximum atomic E-state index is 12.1. The lowest BCUT2D eigenvalue weighted by Crippen LogP contribution is -2.72. The van der Waals surface area contributed by atoms with E-state index in [0.29, 0.717) is 0 Å². The number of rotatable bonds is 6. The first-order valence-corrected chi connectivity index (χ1v) is 8.45. The van der Waals surface area contributed by atoms with Crippen molar-refractivity contribution in [2.75, 3.05) is 0 Å². The van der Waals surface area contributed by atoms with Crippen LogP contribution in [0, 0.1) is 22.7 Å². The highest BCUT2D eigenvalue weighted by Crippen LogP contribution is 2.61. The summed E-state index contributed by atoms with van der Waals surface area (Å²) in [5, 5.41) is 0. The Kier molecular flexibility index (Phi) is 5.69. The monoisotopic (exact) mass is 312 g/mol. The lowest BCUT2D eigenvalue weighted by molar-refractivity contribution is -0.283. The highest BCUT2D eigenvalue weighted by atomic mass is 16.6. The van der Waals surface area contributed by atoms with Crippen LogP contribution < -0.4 is 0 Å². The van der Waals surface area contributed by atoms with Crippen molar-refractivity contribution < 1.29 is 19.1 Å². The van der Waals surface area contributed by atoms with E-state index in [9.17, 15) is 9.59 Å². The Morgan fingerprint density at radius 1 is 0.864 bits per heavy atom. The molecule has 0 saturated heterocycles. The minimum atomic E-state index is -0.360. The van der Waals surface area contributed by atoms with Crippen molar-refractivity contribution in [1.82, 2.24) is 0 Å². The number of carbonyl (C=O) groups is 2. The molecule has 128 valence electrons. The molecule has 1 fully saturated rings. The van der Waals surface area contributed by atoms with E-state index in [1.165, 1.54) is 0 Å². The Bertz CT molecular complexity index is 385. The van der Waals surface area contributed by atoms with Crippen molar-refractivity contribution in [1.29, 1.82) is 0 Å². The summed E-state index contributed by atoms with van der Waals surface area (Å²) in [6.07, 6.45) is 1.21. The molecule has 2 unspecified atom stereocenters. The van der Waals surface area contributed by atoms with Gasteiger partial charge in [-0.2, -0.15) is 0 Å². The third kappa shape index (κ3) is 3.02. The first-order chi connectivity index (χ1) is 10.0. The Hall–Kier alpha value is -1.06. The van der Waals surface area contributed by atoms with Crippen molar-refractivity contribution in [2.24, 2.45) is 22.7 Å². The summed E-state index contributed by atoms with van der Waals surface area (Å²) in [6.45, 7) is 15.5. The molecule has 0 bridgehead atoms. The van der Waals surface area contributed by atoms with E-state index in [1.54, 1.807) is 0 Å². The zero-order chi connectivity index (χ0) is 17.3. The maximum absolute atomic E-state index is 12.1. The van der Waals surface area contributed by atoms with Crippen LogP contribution >= 0.6 is 0 Å². The van der Waals surface area contributed by atoms with Gasteiger partial charge in [0.1, 0.15) is 12.2 Å². The molecule has 1 aliphatic carbocycles. The molecular formula is C18H32O4. The smallest absolute Gasteiger partial charge is 0.308 e. The molecule has 1 rings (SSSR count). The van der Waals surface area contributed by atoms with Crippen LogP contribution in [0.25, 0.3) is 0 Å². The fourth-order valence-corrected chi connectivity index (χ4v) is 3.70. The molecule has 2 atom stereocenters. The second-order valence-electron chi connectivity index (χ2n) is 7.70. The number of ether oxygens (including phenoxy) is 2. The normalized spacial score (nSPS) is 25.7. The molecule has 4 heteroatoms. The third-order valence-electron chi connectivity index (χ3n) is 5.12. The first-order valence-electron chi connectivity index (χ1n) is 8.45. The van der Waals surface area contributed by atoms with Crippen molar-refractivity contribution in [3.05, 3.63) is 0 Å². The van der Waals surface area contributed by atoms with E-state index in [-0.39, 0.29) is 46.8 Å². The van der Waals surface area contributed by atoms with E-state index < -0.39 is 0 Å². The molecule has 0 spiro atoms. The number of hydrogen-bond donors (Lipinski definition) is 0. The van der Waals surface area contributed by atoms with Gasteiger partial charge in [-0.15, -0.1) is 0 Å². The zero-order valence-electron chi connectivity index (χ0n) is 15.4. The largest absolute Gasteiger partial charge is 0.461 e. The number of esters is 2. The van der Waals surface area contributed by atoms with Gasteiger partial charge in [-0.25, -0.2) is 0 Å². The number of hydrogen-bond acceptors (Lipinski definition) is 4. The molecule has 1 saturated carbocycles. The Morgan fingerprint density at radius 2 is 1.18 bits per heavy atom. The van der Waals surface area contributed by atoms with Crippen LogP contribution in [0.3, 0.4) is 0 Å². The lowest BCUT2D eigenvalue weighted by Gasteiger charge is -2.64. The molecule has 0 aliphatic heterocycles. The number of carbonyl (C=O) groups excluding carboxylic acids is 2. The minimum absolute atomic E-state index is 0.153. The summed E-state index contributed by atoms with van der Waals surface area (Å²) in [5.74, 6) is -0.671.